The molecule has 0 spiro atoms. The summed E-state index contributed by atoms with van der Waals surface area (Å²) in [6.07, 6.45) is 5.31. The van der Waals surface area contributed by atoms with Crippen molar-refractivity contribution >= 4 is 5.78 Å². The largest absolute Gasteiger partial charge is 0.319 e. The molecule has 0 heterocycles. The molecule has 3 atom stereocenters. The quantitative estimate of drug-likeness (QED) is 0.755. The normalized spacial score (nSPS) is 32.3. The summed E-state index contributed by atoms with van der Waals surface area (Å²) in [6, 6.07) is 0. The molecule has 0 saturated heterocycles. The molecular formula is C12H23NO. The highest BCUT2D eigenvalue weighted by atomic mass is 16.1. The Balaban J connectivity index is 2.60. The number of rotatable bonds is 3. The standard InChI is InChI=1S/C12H23NO/c1-4-12(3,13)11(14)10-7-5-6-9(2)8-10/h9-10H,4-8,13H2,1-3H3. The molecule has 1 saturated carbocycles. The number of hydrogen-bond donors (Lipinski definition) is 1. The summed E-state index contributed by atoms with van der Waals surface area (Å²) in [4.78, 5) is 12.1. The van der Waals surface area contributed by atoms with Crippen LogP contribution >= 0.6 is 0 Å². The zero-order chi connectivity index (χ0) is 10.8. The van der Waals surface area contributed by atoms with E-state index in [0.717, 1.165) is 19.3 Å². The molecule has 0 aromatic heterocycles. The van der Waals surface area contributed by atoms with E-state index < -0.39 is 5.54 Å². The van der Waals surface area contributed by atoms with Gasteiger partial charge in [-0.1, -0.05) is 26.7 Å². The smallest absolute Gasteiger partial charge is 0.155 e. The van der Waals surface area contributed by atoms with Crippen molar-refractivity contribution in [2.75, 3.05) is 0 Å². The maximum Gasteiger partial charge on any atom is 0.155 e. The van der Waals surface area contributed by atoms with Gasteiger partial charge >= 0.3 is 0 Å². The molecule has 2 N–H and O–H groups in total. The number of carbonyl (C=O) groups excluding carboxylic acids is 1. The van der Waals surface area contributed by atoms with E-state index in [1.54, 1.807) is 0 Å². The third kappa shape index (κ3) is 2.57. The highest BCUT2D eigenvalue weighted by molar-refractivity contribution is 5.89. The average molecular weight is 197 g/mol. The van der Waals surface area contributed by atoms with E-state index >= 15 is 0 Å². The van der Waals surface area contributed by atoms with Crippen molar-refractivity contribution in [3.05, 3.63) is 0 Å². The lowest BCUT2D eigenvalue weighted by Gasteiger charge is -2.31. The maximum atomic E-state index is 12.1. The second kappa shape index (κ2) is 4.43. The molecule has 0 bridgehead atoms. The van der Waals surface area contributed by atoms with Crippen LogP contribution in [-0.4, -0.2) is 11.3 Å². The molecule has 1 aliphatic rings. The molecule has 2 nitrogen and oxygen atoms in total. The van der Waals surface area contributed by atoms with E-state index in [2.05, 4.69) is 6.92 Å². The van der Waals surface area contributed by atoms with Crippen molar-refractivity contribution < 1.29 is 4.79 Å². The molecule has 0 amide bonds. The van der Waals surface area contributed by atoms with Gasteiger partial charge in [-0.25, -0.2) is 0 Å². The SMILES string of the molecule is CCC(C)(N)C(=O)C1CCCC(C)C1. The molecule has 0 aliphatic heterocycles. The third-order valence-electron chi connectivity index (χ3n) is 3.60. The number of ketones is 1. The second-order valence-electron chi connectivity index (χ2n) is 5.10. The minimum absolute atomic E-state index is 0.230. The lowest BCUT2D eigenvalue weighted by molar-refractivity contribution is -0.129. The van der Waals surface area contributed by atoms with Crippen molar-refractivity contribution in [3.8, 4) is 0 Å². The van der Waals surface area contributed by atoms with E-state index in [1.165, 1.54) is 12.8 Å². The van der Waals surface area contributed by atoms with Gasteiger partial charge in [-0.3, -0.25) is 4.79 Å². The van der Waals surface area contributed by atoms with Crippen molar-refractivity contribution in [3.63, 3.8) is 0 Å². The summed E-state index contributed by atoms with van der Waals surface area (Å²) in [5.74, 6) is 1.21. The highest BCUT2D eigenvalue weighted by Gasteiger charge is 2.34. The second-order valence-corrected chi connectivity index (χ2v) is 5.10. The molecule has 3 unspecified atom stereocenters. The fraction of sp³-hybridized carbons (Fsp3) is 0.917. The van der Waals surface area contributed by atoms with Gasteiger partial charge in [0.2, 0.25) is 0 Å². The summed E-state index contributed by atoms with van der Waals surface area (Å²) in [5.41, 5.74) is 5.39. The van der Waals surface area contributed by atoms with Crippen LogP contribution < -0.4 is 5.73 Å². The van der Waals surface area contributed by atoms with Gasteiger partial charge in [-0.05, 0) is 32.1 Å². The number of Topliss-reactive ketones (excluding diaryl/α,β-unsaturated/α-hetero) is 1. The van der Waals surface area contributed by atoms with E-state index in [-0.39, 0.29) is 11.7 Å². The molecule has 14 heavy (non-hydrogen) atoms. The minimum atomic E-state index is -0.596. The Morgan fingerprint density at radius 3 is 2.64 bits per heavy atom. The molecule has 0 aromatic carbocycles. The molecule has 1 rings (SSSR count). The third-order valence-corrected chi connectivity index (χ3v) is 3.60. The Labute approximate surface area is 87.2 Å². The average Bonchev–Trinajstić information content (AvgIpc) is 2.16. The topological polar surface area (TPSA) is 43.1 Å². The van der Waals surface area contributed by atoms with E-state index in [0.29, 0.717) is 5.92 Å². The lowest BCUT2D eigenvalue weighted by Crippen LogP contribution is -2.48. The Morgan fingerprint density at radius 1 is 1.50 bits per heavy atom. The summed E-state index contributed by atoms with van der Waals surface area (Å²) in [5, 5.41) is 0. The van der Waals surface area contributed by atoms with Crippen molar-refractivity contribution in [1.82, 2.24) is 0 Å². The first-order valence-corrected chi connectivity index (χ1v) is 5.80. The summed E-state index contributed by atoms with van der Waals surface area (Å²) in [6.45, 7) is 6.10. The molecular weight excluding hydrogens is 174 g/mol. The van der Waals surface area contributed by atoms with Crippen molar-refractivity contribution in [1.29, 1.82) is 0 Å². The first kappa shape index (κ1) is 11.7. The first-order chi connectivity index (χ1) is 6.47. The molecule has 0 radical (unpaired) electrons. The Hall–Kier alpha value is -0.370. The predicted molar refractivity (Wildman–Crippen MR) is 59.0 cm³/mol. The van der Waals surface area contributed by atoms with Gasteiger partial charge in [0.05, 0.1) is 5.54 Å². The Kier molecular flexibility index (Phi) is 3.71. The van der Waals surface area contributed by atoms with Crippen LogP contribution in [0.2, 0.25) is 0 Å². The number of carbonyl (C=O) groups is 1. The van der Waals surface area contributed by atoms with Crippen LogP contribution in [0.4, 0.5) is 0 Å². The Bertz CT molecular complexity index is 210. The van der Waals surface area contributed by atoms with Gasteiger partial charge in [0, 0.05) is 5.92 Å². The van der Waals surface area contributed by atoms with Crippen LogP contribution in [-0.2, 0) is 4.79 Å². The first-order valence-electron chi connectivity index (χ1n) is 5.80. The van der Waals surface area contributed by atoms with Gasteiger partial charge < -0.3 is 5.73 Å². The summed E-state index contributed by atoms with van der Waals surface area (Å²) in [7, 11) is 0. The van der Waals surface area contributed by atoms with E-state index in [4.69, 9.17) is 5.73 Å². The molecule has 2 heteroatoms. The number of hydrogen-bond acceptors (Lipinski definition) is 2. The van der Waals surface area contributed by atoms with Crippen LogP contribution in [0.25, 0.3) is 0 Å². The van der Waals surface area contributed by atoms with Gasteiger partial charge in [0.25, 0.3) is 0 Å². The zero-order valence-electron chi connectivity index (χ0n) is 9.68. The van der Waals surface area contributed by atoms with Crippen LogP contribution in [0, 0.1) is 11.8 Å². The summed E-state index contributed by atoms with van der Waals surface area (Å²) < 4.78 is 0. The fourth-order valence-electron chi connectivity index (χ4n) is 2.31. The van der Waals surface area contributed by atoms with Crippen LogP contribution in [0.5, 0.6) is 0 Å². The van der Waals surface area contributed by atoms with Crippen molar-refractivity contribution in [2.45, 2.75) is 58.4 Å². The maximum absolute atomic E-state index is 12.1. The minimum Gasteiger partial charge on any atom is -0.319 e. The fourth-order valence-corrected chi connectivity index (χ4v) is 2.31. The van der Waals surface area contributed by atoms with Crippen LogP contribution in [0.15, 0.2) is 0 Å². The molecule has 0 aromatic rings. The number of nitrogens with two attached hydrogens (primary N) is 1. The lowest BCUT2D eigenvalue weighted by atomic mass is 9.75. The van der Waals surface area contributed by atoms with E-state index in [9.17, 15) is 4.79 Å². The molecule has 82 valence electrons. The molecule has 1 aliphatic carbocycles. The van der Waals surface area contributed by atoms with Gasteiger partial charge in [-0.2, -0.15) is 0 Å². The Morgan fingerprint density at radius 2 is 2.14 bits per heavy atom. The predicted octanol–water partition coefficient (Wildman–Crippen LogP) is 2.51. The van der Waals surface area contributed by atoms with E-state index in [1.807, 2.05) is 13.8 Å². The van der Waals surface area contributed by atoms with Crippen LogP contribution in [0.1, 0.15) is 52.9 Å². The van der Waals surface area contributed by atoms with Crippen LogP contribution in [0.3, 0.4) is 0 Å². The van der Waals surface area contributed by atoms with Gasteiger partial charge in [-0.15, -0.1) is 0 Å². The molecule has 1 fully saturated rings. The highest BCUT2D eigenvalue weighted by Crippen LogP contribution is 2.31. The zero-order valence-corrected chi connectivity index (χ0v) is 9.68. The van der Waals surface area contributed by atoms with Crippen molar-refractivity contribution in [2.24, 2.45) is 17.6 Å². The van der Waals surface area contributed by atoms with Gasteiger partial charge in [0.15, 0.2) is 5.78 Å². The van der Waals surface area contributed by atoms with Gasteiger partial charge in [0.1, 0.15) is 0 Å². The summed E-state index contributed by atoms with van der Waals surface area (Å²) >= 11 is 0. The monoisotopic (exact) mass is 197 g/mol.